The van der Waals surface area contributed by atoms with Crippen molar-refractivity contribution in [3.05, 3.63) is 0 Å². The molecule has 1 aliphatic rings. The number of carboxylic acids is 1. The van der Waals surface area contributed by atoms with Crippen molar-refractivity contribution in [2.45, 2.75) is 66.2 Å². The van der Waals surface area contributed by atoms with Crippen molar-refractivity contribution < 1.29 is 9.90 Å². The van der Waals surface area contributed by atoms with E-state index in [2.05, 4.69) is 18.7 Å². The molecule has 1 aliphatic heterocycles. The molecule has 2 unspecified atom stereocenters. The summed E-state index contributed by atoms with van der Waals surface area (Å²) in [7, 11) is 0. The van der Waals surface area contributed by atoms with Crippen LogP contribution in [-0.4, -0.2) is 35.6 Å². The molecule has 1 fully saturated rings. The molecule has 0 bridgehead atoms. The summed E-state index contributed by atoms with van der Waals surface area (Å²) in [6.45, 7) is 11.6. The zero-order chi connectivity index (χ0) is 15.2. The molecule has 20 heavy (non-hydrogen) atoms. The summed E-state index contributed by atoms with van der Waals surface area (Å²) in [5, 5.41) is 9.41. The Labute approximate surface area is 124 Å². The van der Waals surface area contributed by atoms with Gasteiger partial charge in [-0.25, -0.2) is 0 Å². The first kappa shape index (κ1) is 17.5. The van der Waals surface area contributed by atoms with Crippen LogP contribution in [-0.2, 0) is 4.79 Å². The Hall–Kier alpha value is -0.570. The summed E-state index contributed by atoms with van der Waals surface area (Å²) in [4.78, 5) is 13.9. The molecule has 2 atom stereocenters. The van der Waals surface area contributed by atoms with Gasteiger partial charge < -0.3 is 10.0 Å². The lowest BCUT2D eigenvalue weighted by atomic mass is 9.74. The van der Waals surface area contributed by atoms with Crippen LogP contribution in [0.25, 0.3) is 0 Å². The van der Waals surface area contributed by atoms with Gasteiger partial charge in [-0.05, 0) is 51.5 Å². The van der Waals surface area contributed by atoms with E-state index in [0.29, 0.717) is 0 Å². The zero-order valence-electron chi connectivity index (χ0n) is 13.8. The minimum Gasteiger partial charge on any atom is -0.481 e. The van der Waals surface area contributed by atoms with Crippen LogP contribution in [0, 0.1) is 17.3 Å². The number of rotatable bonds is 8. The van der Waals surface area contributed by atoms with Gasteiger partial charge in [0, 0.05) is 13.1 Å². The Morgan fingerprint density at radius 2 is 2.10 bits per heavy atom. The van der Waals surface area contributed by atoms with Crippen molar-refractivity contribution >= 4 is 5.97 Å². The van der Waals surface area contributed by atoms with Gasteiger partial charge in [0.15, 0.2) is 0 Å². The first-order chi connectivity index (χ1) is 9.41. The van der Waals surface area contributed by atoms with E-state index in [1.807, 2.05) is 13.8 Å². The SMILES string of the molecule is CCCCC(CC)CN1CCCC(C(C)(C)C(=O)O)C1. The smallest absolute Gasteiger partial charge is 0.309 e. The molecule has 118 valence electrons. The number of piperidine rings is 1. The van der Waals surface area contributed by atoms with Crippen molar-refractivity contribution in [2.24, 2.45) is 17.3 Å². The Kier molecular flexibility index (Phi) is 7.01. The minimum atomic E-state index is -0.651. The number of carboxylic acid groups (broad SMARTS) is 1. The highest BCUT2D eigenvalue weighted by molar-refractivity contribution is 5.74. The number of aliphatic carboxylic acids is 1. The Morgan fingerprint density at radius 3 is 2.65 bits per heavy atom. The molecular weight excluding hydrogens is 250 g/mol. The van der Waals surface area contributed by atoms with Crippen LogP contribution in [0.5, 0.6) is 0 Å². The summed E-state index contributed by atoms with van der Waals surface area (Å²) in [5.41, 5.74) is -0.593. The minimum absolute atomic E-state index is 0.289. The molecule has 0 spiro atoms. The predicted molar refractivity (Wildman–Crippen MR) is 83.9 cm³/mol. The fourth-order valence-electron chi connectivity index (χ4n) is 3.27. The molecule has 0 aromatic rings. The lowest BCUT2D eigenvalue weighted by Crippen LogP contribution is -2.46. The third kappa shape index (κ3) is 4.76. The molecular formula is C17H33NO2. The van der Waals surface area contributed by atoms with Crippen LogP contribution in [0.2, 0.25) is 0 Å². The summed E-state index contributed by atoms with van der Waals surface area (Å²) in [5.74, 6) is 0.418. The van der Waals surface area contributed by atoms with Crippen molar-refractivity contribution in [3.8, 4) is 0 Å². The van der Waals surface area contributed by atoms with Crippen molar-refractivity contribution in [2.75, 3.05) is 19.6 Å². The number of carbonyl (C=O) groups is 1. The van der Waals surface area contributed by atoms with Gasteiger partial charge in [0.25, 0.3) is 0 Å². The maximum Gasteiger partial charge on any atom is 0.309 e. The van der Waals surface area contributed by atoms with Crippen LogP contribution in [0.1, 0.15) is 66.2 Å². The average molecular weight is 283 g/mol. The third-order valence-corrected chi connectivity index (χ3v) is 5.14. The second-order valence-electron chi connectivity index (χ2n) is 7.04. The Morgan fingerprint density at radius 1 is 1.40 bits per heavy atom. The molecule has 3 nitrogen and oxygen atoms in total. The van der Waals surface area contributed by atoms with E-state index < -0.39 is 11.4 Å². The van der Waals surface area contributed by atoms with Gasteiger partial charge in [-0.3, -0.25) is 4.79 Å². The predicted octanol–water partition coefficient (Wildman–Crippen LogP) is 4.03. The molecule has 1 rings (SSSR count). The summed E-state index contributed by atoms with van der Waals surface area (Å²) in [6, 6.07) is 0. The van der Waals surface area contributed by atoms with E-state index in [0.717, 1.165) is 38.4 Å². The van der Waals surface area contributed by atoms with Crippen molar-refractivity contribution in [1.29, 1.82) is 0 Å². The summed E-state index contributed by atoms with van der Waals surface area (Å²) in [6.07, 6.45) is 7.34. The van der Waals surface area contributed by atoms with Crippen LogP contribution in [0.3, 0.4) is 0 Å². The quantitative estimate of drug-likeness (QED) is 0.731. The Balaban J connectivity index is 2.54. The molecule has 0 aliphatic carbocycles. The lowest BCUT2D eigenvalue weighted by Gasteiger charge is -2.40. The molecule has 0 aromatic heterocycles. The van der Waals surface area contributed by atoms with Crippen LogP contribution in [0.15, 0.2) is 0 Å². The fourth-order valence-corrected chi connectivity index (χ4v) is 3.27. The van der Waals surface area contributed by atoms with Crippen molar-refractivity contribution in [1.82, 2.24) is 4.90 Å². The maximum atomic E-state index is 11.4. The summed E-state index contributed by atoms with van der Waals surface area (Å²) < 4.78 is 0. The van der Waals surface area contributed by atoms with E-state index in [4.69, 9.17) is 0 Å². The van der Waals surface area contributed by atoms with Crippen LogP contribution < -0.4 is 0 Å². The molecule has 1 N–H and O–H groups in total. The van der Waals surface area contributed by atoms with Crippen molar-refractivity contribution in [3.63, 3.8) is 0 Å². The lowest BCUT2D eigenvalue weighted by molar-refractivity contribution is -0.151. The first-order valence-electron chi connectivity index (χ1n) is 8.37. The highest BCUT2D eigenvalue weighted by Crippen LogP contribution is 2.34. The maximum absolute atomic E-state index is 11.4. The molecule has 0 aromatic carbocycles. The van der Waals surface area contributed by atoms with Gasteiger partial charge in [-0.2, -0.15) is 0 Å². The first-order valence-corrected chi connectivity index (χ1v) is 8.37. The van der Waals surface area contributed by atoms with Gasteiger partial charge in [0.1, 0.15) is 0 Å². The second kappa shape index (κ2) is 8.02. The van der Waals surface area contributed by atoms with Gasteiger partial charge in [-0.15, -0.1) is 0 Å². The van der Waals surface area contributed by atoms with Crippen LogP contribution >= 0.6 is 0 Å². The van der Waals surface area contributed by atoms with Gasteiger partial charge >= 0.3 is 5.97 Å². The Bertz CT molecular complexity index is 301. The normalized spacial score (nSPS) is 22.7. The van der Waals surface area contributed by atoms with E-state index in [9.17, 15) is 9.90 Å². The third-order valence-electron chi connectivity index (χ3n) is 5.14. The molecule has 1 saturated heterocycles. The van der Waals surface area contributed by atoms with E-state index in [1.165, 1.54) is 25.7 Å². The highest BCUT2D eigenvalue weighted by Gasteiger charge is 2.39. The fraction of sp³-hybridized carbons (Fsp3) is 0.941. The number of nitrogens with zero attached hydrogens (tertiary/aromatic N) is 1. The molecule has 1 heterocycles. The number of likely N-dealkylation sites (tertiary alicyclic amines) is 1. The molecule has 0 radical (unpaired) electrons. The monoisotopic (exact) mass is 283 g/mol. The van der Waals surface area contributed by atoms with E-state index in [-0.39, 0.29) is 5.92 Å². The van der Waals surface area contributed by atoms with Crippen LogP contribution in [0.4, 0.5) is 0 Å². The van der Waals surface area contributed by atoms with E-state index in [1.54, 1.807) is 0 Å². The molecule has 0 amide bonds. The topological polar surface area (TPSA) is 40.5 Å². The average Bonchev–Trinajstić information content (AvgIpc) is 2.43. The molecule has 3 heteroatoms. The standard InChI is InChI=1S/C17H33NO2/c1-5-7-9-14(6-2)12-18-11-8-10-15(13-18)17(3,4)16(19)20/h14-15H,5-13H2,1-4H3,(H,19,20). The summed E-state index contributed by atoms with van der Waals surface area (Å²) >= 11 is 0. The van der Waals surface area contributed by atoms with Gasteiger partial charge in [0.05, 0.1) is 5.41 Å². The van der Waals surface area contributed by atoms with E-state index >= 15 is 0 Å². The second-order valence-corrected chi connectivity index (χ2v) is 7.04. The molecule has 0 saturated carbocycles. The number of hydrogen-bond donors (Lipinski definition) is 1. The van der Waals surface area contributed by atoms with Gasteiger partial charge in [-0.1, -0.05) is 33.1 Å². The highest BCUT2D eigenvalue weighted by atomic mass is 16.4. The number of hydrogen-bond acceptors (Lipinski definition) is 2. The van der Waals surface area contributed by atoms with Gasteiger partial charge in [0.2, 0.25) is 0 Å². The zero-order valence-corrected chi connectivity index (χ0v) is 13.8. The number of unbranched alkanes of at least 4 members (excludes halogenated alkanes) is 1. The largest absolute Gasteiger partial charge is 0.481 e.